The van der Waals surface area contributed by atoms with Crippen LogP contribution in [0.5, 0.6) is 11.8 Å². The highest BCUT2D eigenvalue weighted by molar-refractivity contribution is 7.90. The van der Waals surface area contributed by atoms with Crippen molar-refractivity contribution in [2.24, 2.45) is 0 Å². The molecule has 3 heterocycles. The van der Waals surface area contributed by atoms with Gasteiger partial charge in [-0.05, 0) is 48.2 Å². The predicted molar refractivity (Wildman–Crippen MR) is 129 cm³/mol. The first-order chi connectivity index (χ1) is 16.7. The van der Waals surface area contributed by atoms with E-state index in [4.69, 9.17) is 9.15 Å². The first kappa shape index (κ1) is 24.2. The fourth-order valence-corrected chi connectivity index (χ4v) is 4.13. The van der Waals surface area contributed by atoms with Gasteiger partial charge in [-0.1, -0.05) is 6.92 Å². The number of halogens is 1. The van der Waals surface area contributed by atoms with Crippen LogP contribution in [-0.2, 0) is 23.1 Å². The number of anilines is 1. The van der Waals surface area contributed by atoms with Gasteiger partial charge in [-0.15, -0.1) is 0 Å². The highest BCUT2D eigenvalue weighted by Crippen LogP contribution is 2.31. The van der Waals surface area contributed by atoms with Crippen LogP contribution in [0.1, 0.15) is 30.6 Å². The lowest BCUT2D eigenvalue weighted by molar-refractivity contribution is 0.437. The third-order valence-electron chi connectivity index (χ3n) is 5.35. The van der Waals surface area contributed by atoms with E-state index in [1.54, 1.807) is 24.5 Å². The molecule has 4 aromatic rings. The minimum atomic E-state index is -3.97. The summed E-state index contributed by atoms with van der Waals surface area (Å²) in [6.45, 7) is 3.72. The Morgan fingerprint density at radius 3 is 2.57 bits per heavy atom. The first-order valence-electron chi connectivity index (χ1n) is 10.6. The molecule has 0 bridgehead atoms. The zero-order valence-corrected chi connectivity index (χ0v) is 19.9. The quantitative estimate of drug-likeness (QED) is 0.350. The van der Waals surface area contributed by atoms with Crippen molar-refractivity contribution < 1.29 is 23.4 Å². The van der Waals surface area contributed by atoms with Crippen molar-refractivity contribution >= 4 is 27.0 Å². The molecule has 0 radical (unpaired) electrons. The van der Waals surface area contributed by atoms with Crippen molar-refractivity contribution in [1.29, 1.82) is 0 Å². The average Bonchev–Trinajstić information content (AvgIpc) is 2.83. The molecule has 0 amide bonds. The standard InChI is InChI=1S/C23H22FN5O5S.H2/c1-4-15-16-10-13(2)18(34-23-27-7-5-8-28-23)12-19(16)33-22(30)17(15)11-14-6-9-26-21(20(14)24)29-35(31,32)25-3;/h5-10,12,25H,4,11H2,1-3H3,(H,26,29);1H. The van der Waals surface area contributed by atoms with Crippen LogP contribution in [0.2, 0.25) is 0 Å². The molecule has 4 rings (SSSR count). The number of benzene rings is 1. The Labute approximate surface area is 201 Å². The van der Waals surface area contributed by atoms with E-state index in [0.717, 1.165) is 5.56 Å². The molecule has 184 valence electrons. The lowest BCUT2D eigenvalue weighted by Gasteiger charge is -2.14. The van der Waals surface area contributed by atoms with Gasteiger partial charge in [-0.3, -0.25) is 4.72 Å². The maximum absolute atomic E-state index is 15.1. The molecule has 0 aliphatic heterocycles. The van der Waals surface area contributed by atoms with Crippen LogP contribution in [0.15, 0.2) is 52.1 Å². The van der Waals surface area contributed by atoms with Crippen molar-refractivity contribution in [3.8, 4) is 11.8 Å². The van der Waals surface area contributed by atoms with Gasteiger partial charge in [0.05, 0.1) is 0 Å². The van der Waals surface area contributed by atoms with E-state index in [0.29, 0.717) is 28.7 Å². The SMILES string of the molecule is CCc1c(Cc2ccnc(NS(=O)(=O)NC)c2F)c(=O)oc2cc(Oc3ncccn3)c(C)cc12.[HH]. The van der Waals surface area contributed by atoms with Gasteiger partial charge in [-0.2, -0.15) is 8.42 Å². The predicted octanol–water partition coefficient (Wildman–Crippen LogP) is 3.49. The first-order valence-corrected chi connectivity index (χ1v) is 12.1. The van der Waals surface area contributed by atoms with Crippen LogP contribution in [0.25, 0.3) is 11.0 Å². The molecular weight excluding hydrogens is 477 g/mol. The second-order valence-corrected chi connectivity index (χ2v) is 9.19. The lowest BCUT2D eigenvalue weighted by Crippen LogP contribution is -2.27. The number of nitrogens with one attached hydrogen (secondary N) is 2. The van der Waals surface area contributed by atoms with Crippen LogP contribution < -0.4 is 19.8 Å². The number of hydrogen-bond donors (Lipinski definition) is 2. The van der Waals surface area contributed by atoms with E-state index in [1.807, 2.05) is 29.4 Å². The molecule has 3 aromatic heterocycles. The highest BCUT2D eigenvalue weighted by atomic mass is 32.2. The Hall–Kier alpha value is -3.90. The summed E-state index contributed by atoms with van der Waals surface area (Å²) >= 11 is 0. The van der Waals surface area contributed by atoms with Gasteiger partial charge in [0.1, 0.15) is 11.3 Å². The van der Waals surface area contributed by atoms with Gasteiger partial charge >= 0.3 is 11.6 Å². The molecule has 35 heavy (non-hydrogen) atoms. The van der Waals surface area contributed by atoms with Gasteiger partial charge in [0.2, 0.25) is 0 Å². The number of nitrogens with zero attached hydrogens (tertiary/aromatic N) is 3. The number of hydrogen-bond acceptors (Lipinski definition) is 8. The fraction of sp³-hybridized carbons (Fsp3) is 0.217. The fourth-order valence-electron chi connectivity index (χ4n) is 3.63. The molecule has 0 saturated carbocycles. The number of aromatic nitrogens is 3. The zero-order valence-electron chi connectivity index (χ0n) is 19.1. The second-order valence-electron chi connectivity index (χ2n) is 7.57. The zero-order chi connectivity index (χ0) is 25.2. The third kappa shape index (κ3) is 5.12. The average molecular weight is 502 g/mol. The van der Waals surface area contributed by atoms with Crippen LogP contribution in [-0.4, -0.2) is 30.4 Å². The largest absolute Gasteiger partial charge is 0.424 e. The summed E-state index contributed by atoms with van der Waals surface area (Å²) in [5.74, 6) is -0.917. The molecule has 12 heteroatoms. The number of fused-ring (bicyclic) bond motifs is 1. The lowest BCUT2D eigenvalue weighted by atomic mass is 9.96. The maximum atomic E-state index is 15.1. The van der Waals surface area contributed by atoms with Crippen molar-refractivity contribution in [3.05, 3.63) is 81.3 Å². The van der Waals surface area contributed by atoms with E-state index in [9.17, 15) is 13.2 Å². The molecule has 0 atom stereocenters. The molecular formula is C23H24FN5O5S. The monoisotopic (exact) mass is 501 g/mol. The number of pyridine rings is 1. The van der Waals surface area contributed by atoms with Crippen molar-refractivity contribution in [1.82, 2.24) is 19.7 Å². The van der Waals surface area contributed by atoms with Crippen LogP contribution in [0.4, 0.5) is 10.2 Å². The van der Waals surface area contributed by atoms with E-state index >= 15 is 4.39 Å². The van der Waals surface area contributed by atoms with E-state index in [1.165, 1.54) is 19.3 Å². The van der Waals surface area contributed by atoms with Crippen molar-refractivity contribution in [2.45, 2.75) is 26.7 Å². The summed E-state index contributed by atoms with van der Waals surface area (Å²) in [5.41, 5.74) is 1.49. The van der Waals surface area contributed by atoms with Gasteiger partial charge in [0.15, 0.2) is 11.6 Å². The smallest absolute Gasteiger partial charge is 0.340 e. The summed E-state index contributed by atoms with van der Waals surface area (Å²) < 4.78 is 53.9. The normalized spacial score (nSPS) is 11.5. The van der Waals surface area contributed by atoms with E-state index in [2.05, 4.69) is 15.0 Å². The minimum Gasteiger partial charge on any atom is -0.424 e. The maximum Gasteiger partial charge on any atom is 0.340 e. The van der Waals surface area contributed by atoms with E-state index < -0.39 is 27.5 Å². The molecule has 0 unspecified atom stereocenters. The van der Waals surface area contributed by atoms with Crippen molar-refractivity contribution in [3.63, 3.8) is 0 Å². The number of rotatable bonds is 8. The van der Waals surface area contributed by atoms with Gasteiger partial charge in [-0.25, -0.2) is 28.9 Å². The molecule has 10 nitrogen and oxygen atoms in total. The van der Waals surface area contributed by atoms with Gasteiger partial charge in [0, 0.05) is 50.5 Å². The molecule has 2 N–H and O–H groups in total. The Morgan fingerprint density at radius 1 is 1.14 bits per heavy atom. The number of ether oxygens (including phenoxy) is 1. The second kappa shape index (κ2) is 9.76. The summed E-state index contributed by atoms with van der Waals surface area (Å²) in [5, 5.41) is 0.687. The summed E-state index contributed by atoms with van der Waals surface area (Å²) in [6, 6.07) is 6.63. The molecule has 0 saturated heterocycles. The molecule has 0 aliphatic rings. The third-order valence-corrected chi connectivity index (χ3v) is 6.35. The van der Waals surface area contributed by atoms with Gasteiger partial charge in [0.25, 0.3) is 10.2 Å². The molecule has 0 aliphatic carbocycles. The topological polar surface area (TPSA) is 136 Å². The summed E-state index contributed by atoms with van der Waals surface area (Å²) in [6.07, 6.45) is 4.73. The minimum absolute atomic E-state index is 0. The van der Waals surface area contributed by atoms with Crippen LogP contribution in [0.3, 0.4) is 0 Å². The molecule has 1 aromatic carbocycles. The Morgan fingerprint density at radius 2 is 1.89 bits per heavy atom. The van der Waals surface area contributed by atoms with Crippen molar-refractivity contribution in [2.75, 3.05) is 11.8 Å². The summed E-state index contributed by atoms with van der Waals surface area (Å²) in [7, 11) is -2.79. The Bertz CT molecular complexity index is 1570. The Balaban J connectivity index is 0.00000361. The van der Waals surface area contributed by atoms with Crippen LogP contribution in [0, 0.1) is 12.7 Å². The Kier molecular flexibility index (Phi) is 6.76. The van der Waals surface area contributed by atoms with Crippen LogP contribution >= 0.6 is 0 Å². The summed E-state index contributed by atoms with van der Waals surface area (Å²) in [4.78, 5) is 24.8. The molecule has 0 fully saturated rings. The van der Waals surface area contributed by atoms with E-state index in [-0.39, 0.29) is 25.0 Å². The molecule has 0 spiro atoms. The highest BCUT2D eigenvalue weighted by Gasteiger charge is 2.20. The van der Waals surface area contributed by atoms with Gasteiger partial charge < -0.3 is 9.15 Å². The number of aryl methyl sites for hydroxylation is 2.